The maximum Gasteiger partial charge on any atom is 0.364 e. The molecule has 1 fully saturated rings. The minimum Gasteiger partial charge on any atom is -0.477 e. The molecule has 0 aliphatic carbocycles. The first kappa shape index (κ1) is 22.3. The first-order valence-electron chi connectivity index (χ1n) is 9.29. The Morgan fingerprint density at radius 2 is 1.82 bits per heavy atom. The van der Waals surface area contributed by atoms with Crippen molar-refractivity contribution in [1.82, 2.24) is 5.32 Å². The van der Waals surface area contributed by atoms with E-state index in [9.17, 15) is 14.4 Å². The number of carboxylic acids is 1. The number of ketones is 1. The fourth-order valence-electron chi connectivity index (χ4n) is 2.94. The standard InChI is InChI=1S/C20H26ClNO6/c1-13(23)17(22-18(24)15-7-9-16(21)10-8-15)6-4-3-5-14-11-27-20(2,19(25)26)28-12-14/h7-10,14,17H,3-6,11-12H2,1-2H3,(H,22,24)(H,25,26)/t14-,17?,20+. The minimum atomic E-state index is -1.57. The van der Waals surface area contributed by atoms with Crippen molar-refractivity contribution >= 4 is 29.3 Å². The number of nitrogens with one attached hydrogen (secondary N) is 1. The molecule has 1 atom stereocenters. The molecule has 0 spiro atoms. The molecule has 8 heteroatoms. The Morgan fingerprint density at radius 3 is 2.36 bits per heavy atom. The largest absolute Gasteiger partial charge is 0.477 e. The van der Waals surface area contributed by atoms with Crippen LogP contribution in [0, 0.1) is 5.92 Å². The van der Waals surface area contributed by atoms with Crippen LogP contribution in [0.5, 0.6) is 0 Å². The van der Waals surface area contributed by atoms with Crippen LogP contribution < -0.4 is 5.32 Å². The molecular weight excluding hydrogens is 386 g/mol. The number of hydrogen-bond donors (Lipinski definition) is 2. The van der Waals surface area contributed by atoms with Crippen LogP contribution in [0.15, 0.2) is 24.3 Å². The summed E-state index contributed by atoms with van der Waals surface area (Å²) >= 11 is 5.82. The lowest BCUT2D eigenvalue weighted by Gasteiger charge is -2.34. The zero-order valence-corrected chi connectivity index (χ0v) is 16.8. The van der Waals surface area contributed by atoms with Gasteiger partial charge < -0.3 is 19.9 Å². The summed E-state index contributed by atoms with van der Waals surface area (Å²) in [4.78, 5) is 35.2. The predicted octanol–water partition coefficient (Wildman–Crippen LogP) is 3.05. The van der Waals surface area contributed by atoms with E-state index in [1.54, 1.807) is 24.3 Å². The van der Waals surface area contributed by atoms with E-state index in [2.05, 4.69) is 5.32 Å². The number of carbonyl (C=O) groups is 3. The van der Waals surface area contributed by atoms with Crippen molar-refractivity contribution in [2.75, 3.05) is 13.2 Å². The molecule has 1 amide bonds. The van der Waals surface area contributed by atoms with Gasteiger partial charge in [-0.15, -0.1) is 0 Å². The summed E-state index contributed by atoms with van der Waals surface area (Å²) in [6.45, 7) is 3.51. The van der Waals surface area contributed by atoms with Gasteiger partial charge in [0.2, 0.25) is 0 Å². The van der Waals surface area contributed by atoms with Gasteiger partial charge in [0.15, 0.2) is 5.78 Å². The van der Waals surface area contributed by atoms with E-state index in [1.165, 1.54) is 13.8 Å². The Morgan fingerprint density at radius 1 is 1.21 bits per heavy atom. The van der Waals surface area contributed by atoms with Crippen LogP contribution in [-0.4, -0.2) is 47.8 Å². The third-order valence-corrected chi connectivity index (χ3v) is 5.09. The van der Waals surface area contributed by atoms with Crippen molar-refractivity contribution in [1.29, 1.82) is 0 Å². The lowest BCUT2D eigenvalue weighted by atomic mass is 9.98. The lowest BCUT2D eigenvalue weighted by molar-refractivity contribution is -0.271. The van der Waals surface area contributed by atoms with E-state index >= 15 is 0 Å². The SMILES string of the molecule is CC(=O)C(CCCC[C@H]1CO[C@@](C)(C(=O)O)OC1)NC(=O)c1ccc(Cl)cc1. The summed E-state index contributed by atoms with van der Waals surface area (Å²) in [6, 6.07) is 5.94. The molecule has 154 valence electrons. The highest BCUT2D eigenvalue weighted by Crippen LogP contribution is 2.25. The van der Waals surface area contributed by atoms with Crippen molar-refractivity contribution < 1.29 is 29.0 Å². The quantitative estimate of drug-likeness (QED) is 0.605. The van der Waals surface area contributed by atoms with Crippen molar-refractivity contribution in [2.24, 2.45) is 5.92 Å². The molecule has 0 aromatic heterocycles. The number of halogens is 1. The Kier molecular flexibility index (Phi) is 7.98. The van der Waals surface area contributed by atoms with Crippen LogP contribution in [0.4, 0.5) is 0 Å². The average molecular weight is 412 g/mol. The van der Waals surface area contributed by atoms with Crippen molar-refractivity contribution in [3.63, 3.8) is 0 Å². The van der Waals surface area contributed by atoms with Gasteiger partial charge in [0.1, 0.15) is 0 Å². The Labute approximate surface area is 169 Å². The fourth-order valence-corrected chi connectivity index (χ4v) is 3.06. The third-order valence-electron chi connectivity index (χ3n) is 4.84. The summed E-state index contributed by atoms with van der Waals surface area (Å²) in [5, 5.41) is 12.4. The molecular formula is C20H26ClNO6. The first-order valence-corrected chi connectivity index (χ1v) is 9.67. The third kappa shape index (κ3) is 6.29. The van der Waals surface area contributed by atoms with Gasteiger partial charge in [0.25, 0.3) is 11.7 Å². The molecule has 2 N–H and O–H groups in total. The average Bonchev–Trinajstić information content (AvgIpc) is 2.65. The van der Waals surface area contributed by atoms with Crippen LogP contribution in [0.25, 0.3) is 0 Å². The second-order valence-electron chi connectivity index (χ2n) is 7.17. The zero-order chi connectivity index (χ0) is 20.7. The minimum absolute atomic E-state index is 0.0936. The molecule has 1 aromatic carbocycles. The lowest BCUT2D eigenvalue weighted by Crippen LogP contribution is -2.47. The Balaban J connectivity index is 1.73. The molecule has 2 rings (SSSR count). The van der Waals surface area contributed by atoms with Crippen LogP contribution in [-0.2, 0) is 19.1 Å². The smallest absolute Gasteiger partial charge is 0.364 e. The highest BCUT2D eigenvalue weighted by Gasteiger charge is 2.40. The van der Waals surface area contributed by atoms with Gasteiger partial charge in [-0.1, -0.05) is 24.4 Å². The van der Waals surface area contributed by atoms with E-state index in [4.69, 9.17) is 26.2 Å². The second-order valence-corrected chi connectivity index (χ2v) is 7.60. The summed E-state index contributed by atoms with van der Waals surface area (Å²) in [6.07, 6.45) is 2.90. The van der Waals surface area contributed by atoms with Gasteiger partial charge in [-0.2, -0.15) is 0 Å². The maximum atomic E-state index is 12.3. The number of Topliss-reactive ketones (excluding diaryl/α,β-unsaturated/α-hetero) is 1. The maximum absolute atomic E-state index is 12.3. The molecule has 7 nitrogen and oxygen atoms in total. The van der Waals surface area contributed by atoms with Crippen LogP contribution >= 0.6 is 11.6 Å². The van der Waals surface area contributed by atoms with E-state index in [-0.39, 0.29) is 17.6 Å². The van der Waals surface area contributed by atoms with Crippen LogP contribution in [0.3, 0.4) is 0 Å². The second kappa shape index (κ2) is 10.0. The van der Waals surface area contributed by atoms with Crippen LogP contribution in [0.1, 0.15) is 49.9 Å². The monoisotopic (exact) mass is 411 g/mol. The van der Waals surface area contributed by atoms with Gasteiger partial charge >= 0.3 is 5.97 Å². The molecule has 1 aromatic rings. The molecule has 1 aliphatic rings. The van der Waals surface area contributed by atoms with Crippen molar-refractivity contribution in [2.45, 2.75) is 51.4 Å². The van der Waals surface area contributed by atoms with E-state index in [0.29, 0.717) is 30.2 Å². The molecule has 28 heavy (non-hydrogen) atoms. The van der Waals surface area contributed by atoms with Gasteiger partial charge in [0.05, 0.1) is 19.3 Å². The molecule has 1 heterocycles. The summed E-state index contributed by atoms with van der Waals surface area (Å²) in [7, 11) is 0. The van der Waals surface area contributed by atoms with Gasteiger partial charge in [0, 0.05) is 23.4 Å². The van der Waals surface area contributed by atoms with Crippen molar-refractivity contribution in [3.05, 3.63) is 34.9 Å². The Bertz CT molecular complexity index is 697. The normalized spacial score (nSPS) is 23.0. The number of carboxylic acid groups (broad SMARTS) is 1. The highest BCUT2D eigenvalue weighted by atomic mass is 35.5. The zero-order valence-electron chi connectivity index (χ0n) is 16.1. The number of hydrogen-bond acceptors (Lipinski definition) is 5. The number of aliphatic carboxylic acids is 1. The number of benzene rings is 1. The van der Waals surface area contributed by atoms with Gasteiger partial charge in [-0.3, -0.25) is 9.59 Å². The van der Waals surface area contributed by atoms with Crippen molar-refractivity contribution in [3.8, 4) is 0 Å². The molecule has 1 unspecified atom stereocenters. The molecule has 1 aliphatic heterocycles. The van der Waals surface area contributed by atoms with E-state index < -0.39 is 17.8 Å². The first-order chi connectivity index (χ1) is 13.2. The topological polar surface area (TPSA) is 102 Å². The van der Waals surface area contributed by atoms with E-state index in [0.717, 1.165) is 19.3 Å². The molecule has 0 bridgehead atoms. The fraction of sp³-hybridized carbons (Fsp3) is 0.550. The van der Waals surface area contributed by atoms with Gasteiger partial charge in [-0.25, -0.2) is 4.79 Å². The Hall–Kier alpha value is -1.96. The summed E-state index contributed by atoms with van der Waals surface area (Å²) in [5.41, 5.74) is 0.452. The molecule has 0 radical (unpaired) electrons. The van der Waals surface area contributed by atoms with Crippen LogP contribution in [0.2, 0.25) is 5.02 Å². The molecule has 1 saturated heterocycles. The number of ether oxygens (including phenoxy) is 2. The van der Waals surface area contributed by atoms with E-state index in [1.807, 2.05) is 0 Å². The summed E-state index contributed by atoms with van der Waals surface area (Å²) < 4.78 is 10.6. The highest BCUT2D eigenvalue weighted by molar-refractivity contribution is 6.30. The summed E-state index contributed by atoms with van der Waals surface area (Å²) in [5.74, 6) is -2.98. The predicted molar refractivity (Wildman–Crippen MR) is 103 cm³/mol. The molecule has 0 saturated carbocycles. The number of rotatable bonds is 9. The van der Waals surface area contributed by atoms with Gasteiger partial charge in [-0.05, 0) is 44.0 Å². The number of amides is 1. The number of carbonyl (C=O) groups excluding carboxylic acids is 2. The number of unbranched alkanes of at least 4 members (excludes halogenated alkanes) is 1.